The summed E-state index contributed by atoms with van der Waals surface area (Å²) < 4.78 is 60.6. The van der Waals surface area contributed by atoms with Crippen LogP contribution in [0.3, 0.4) is 0 Å². The third-order valence-electron chi connectivity index (χ3n) is 6.90. The molecule has 4 rings (SSSR count). The minimum Gasteiger partial charge on any atom is -0.493 e. The number of rotatable bonds is 6. The highest BCUT2D eigenvalue weighted by Gasteiger charge is 2.71. The highest BCUT2D eigenvalue weighted by Crippen LogP contribution is 2.52. The quantitative estimate of drug-likeness (QED) is 0.631. The number of benzene rings is 1. The first kappa shape index (κ1) is 26.0. The van der Waals surface area contributed by atoms with E-state index >= 15 is 0 Å². The van der Waals surface area contributed by atoms with Crippen molar-refractivity contribution in [1.82, 2.24) is 10.2 Å². The molecule has 0 bridgehead atoms. The average molecular weight is 511 g/mol. The van der Waals surface area contributed by atoms with Gasteiger partial charge in [-0.1, -0.05) is 13.8 Å². The fourth-order valence-corrected chi connectivity index (χ4v) is 5.23. The summed E-state index contributed by atoms with van der Waals surface area (Å²) in [6.45, 7) is 3.85. The Kier molecular flexibility index (Phi) is 6.57. The first-order valence-electron chi connectivity index (χ1n) is 11.7. The van der Waals surface area contributed by atoms with Crippen LogP contribution in [-0.2, 0) is 14.3 Å². The van der Waals surface area contributed by atoms with E-state index in [1.165, 1.54) is 32.4 Å². The van der Waals surface area contributed by atoms with Gasteiger partial charge in [0.05, 0.1) is 32.4 Å². The maximum atomic E-state index is 14.9. The summed E-state index contributed by atoms with van der Waals surface area (Å²) >= 11 is 0. The van der Waals surface area contributed by atoms with Crippen LogP contribution in [-0.4, -0.2) is 67.7 Å². The SMILES string of the molecule is COc1ccc(C(=O)N[C@@]2(C(F)(F)F)C(=O)N(C[C@@H]3CCCO3)C3=C2C(=O)CC(C)(C)C3)cc1OC. The van der Waals surface area contributed by atoms with E-state index in [1.54, 1.807) is 13.8 Å². The van der Waals surface area contributed by atoms with Gasteiger partial charge in [0.15, 0.2) is 17.3 Å². The molecule has 0 saturated carbocycles. The van der Waals surface area contributed by atoms with Crippen molar-refractivity contribution in [3.8, 4) is 11.5 Å². The summed E-state index contributed by atoms with van der Waals surface area (Å²) in [6.07, 6.45) is -4.52. The number of amides is 2. The van der Waals surface area contributed by atoms with Crippen LogP contribution in [0.25, 0.3) is 0 Å². The Morgan fingerprint density at radius 3 is 2.44 bits per heavy atom. The lowest BCUT2D eigenvalue weighted by Crippen LogP contribution is -2.66. The van der Waals surface area contributed by atoms with Crippen LogP contribution in [0.1, 0.15) is 49.9 Å². The Balaban J connectivity index is 1.82. The van der Waals surface area contributed by atoms with Crippen LogP contribution in [0.4, 0.5) is 13.2 Å². The number of alkyl halides is 3. The van der Waals surface area contributed by atoms with Gasteiger partial charge < -0.3 is 24.4 Å². The Hall–Kier alpha value is -3.08. The highest BCUT2D eigenvalue weighted by molar-refractivity contribution is 6.14. The molecule has 0 unspecified atom stereocenters. The van der Waals surface area contributed by atoms with Crippen LogP contribution >= 0.6 is 0 Å². The zero-order chi connectivity index (χ0) is 26.5. The maximum Gasteiger partial charge on any atom is 0.425 e. The first-order chi connectivity index (χ1) is 16.8. The number of nitrogens with one attached hydrogen (secondary N) is 1. The van der Waals surface area contributed by atoms with E-state index in [2.05, 4.69) is 0 Å². The molecule has 1 aromatic rings. The molecule has 0 spiro atoms. The Morgan fingerprint density at radius 2 is 1.86 bits per heavy atom. The number of allylic oxidation sites excluding steroid dienone is 1. The molecule has 0 radical (unpaired) electrons. The molecule has 8 nitrogen and oxygen atoms in total. The summed E-state index contributed by atoms with van der Waals surface area (Å²) in [5, 5.41) is 1.93. The van der Waals surface area contributed by atoms with Gasteiger partial charge in [-0.3, -0.25) is 14.4 Å². The normalized spacial score (nSPS) is 25.8. The molecule has 1 aliphatic carbocycles. The molecular weight excluding hydrogens is 481 g/mol. The number of ketones is 1. The molecule has 196 valence electrons. The predicted octanol–water partition coefficient (Wildman–Crippen LogP) is 3.40. The number of Topliss-reactive ketones (excluding diaryl/α,β-unsaturated/α-hetero) is 1. The Bertz CT molecular complexity index is 1120. The molecule has 2 aliphatic heterocycles. The van der Waals surface area contributed by atoms with E-state index in [0.717, 1.165) is 11.3 Å². The van der Waals surface area contributed by atoms with Crippen molar-refractivity contribution >= 4 is 17.6 Å². The maximum absolute atomic E-state index is 14.9. The van der Waals surface area contributed by atoms with Gasteiger partial charge in [0, 0.05) is 24.3 Å². The van der Waals surface area contributed by atoms with Gasteiger partial charge in [-0.2, -0.15) is 13.2 Å². The summed E-state index contributed by atoms with van der Waals surface area (Å²) in [5.74, 6) is -2.98. The van der Waals surface area contributed by atoms with Gasteiger partial charge in [-0.15, -0.1) is 0 Å². The van der Waals surface area contributed by atoms with Crippen molar-refractivity contribution in [2.45, 2.75) is 57.3 Å². The number of hydrogen-bond donors (Lipinski definition) is 1. The zero-order valence-electron chi connectivity index (χ0n) is 20.6. The second kappa shape index (κ2) is 9.10. The molecule has 0 aromatic heterocycles. The van der Waals surface area contributed by atoms with E-state index in [9.17, 15) is 27.6 Å². The second-order valence-electron chi connectivity index (χ2n) is 10.1. The summed E-state index contributed by atoms with van der Waals surface area (Å²) in [4.78, 5) is 41.1. The molecule has 36 heavy (non-hydrogen) atoms. The summed E-state index contributed by atoms with van der Waals surface area (Å²) in [6, 6.07) is 3.83. The first-order valence-corrected chi connectivity index (χ1v) is 11.7. The van der Waals surface area contributed by atoms with E-state index in [0.29, 0.717) is 13.0 Å². The molecule has 1 N–H and O–H groups in total. The fourth-order valence-electron chi connectivity index (χ4n) is 5.23. The third-order valence-corrected chi connectivity index (χ3v) is 6.90. The number of ether oxygens (including phenoxy) is 3. The molecule has 1 fully saturated rings. The number of methoxy groups -OCH3 is 2. The minimum atomic E-state index is -5.28. The molecule has 1 aromatic carbocycles. The summed E-state index contributed by atoms with van der Waals surface area (Å²) in [7, 11) is 2.69. The molecular formula is C25H29F3N2O6. The predicted molar refractivity (Wildman–Crippen MR) is 122 cm³/mol. The van der Waals surface area contributed by atoms with Gasteiger partial charge in [-0.25, -0.2) is 0 Å². The van der Waals surface area contributed by atoms with E-state index in [-0.39, 0.29) is 42.1 Å². The Labute approximate surface area is 206 Å². The molecule has 1 saturated heterocycles. The molecule has 2 amide bonds. The van der Waals surface area contributed by atoms with Crippen molar-refractivity contribution in [3.63, 3.8) is 0 Å². The number of halogens is 3. The van der Waals surface area contributed by atoms with Crippen molar-refractivity contribution in [1.29, 1.82) is 0 Å². The van der Waals surface area contributed by atoms with Gasteiger partial charge in [0.1, 0.15) is 0 Å². The lowest BCUT2D eigenvalue weighted by atomic mass is 9.72. The average Bonchev–Trinajstić information content (AvgIpc) is 3.39. The van der Waals surface area contributed by atoms with Gasteiger partial charge in [0.2, 0.25) is 5.54 Å². The number of carbonyl (C=O) groups excluding carboxylic acids is 3. The standard InChI is InChI=1S/C25H29F3N2O6/c1-23(2)11-16-20(17(31)12-23)24(25(26,27)28,22(33)30(16)13-15-6-5-9-36-15)29-21(32)14-7-8-18(34-3)19(10-14)35-4/h7-8,10,15H,5-6,9,11-13H2,1-4H3,(H,29,32)/t15-,24+/m0/s1. The smallest absolute Gasteiger partial charge is 0.425 e. The van der Waals surface area contributed by atoms with Crippen LogP contribution in [0.15, 0.2) is 29.5 Å². The van der Waals surface area contributed by atoms with Crippen molar-refractivity contribution in [2.75, 3.05) is 27.4 Å². The van der Waals surface area contributed by atoms with Gasteiger partial charge in [-0.05, 0) is 42.9 Å². The lowest BCUT2D eigenvalue weighted by molar-refractivity contribution is -0.191. The van der Waals surface area contributed by atoms with E-state index < -0.39 is 46.4 Å². The summed E-state index contributed by atoms with van der Waals surface area (Å²) in [5.41, 5.74) is -5.04. The van der Waals surface area contributed by atoms with Crippen LogP contribution in [0.5, 0.6) is 11.5 Å². The second-order valence-corrected chi connectivity index (χ2v) is 10.1. The number of hydrogen-bond acceptors (Lipinski definition) is 6. The van der Waals surface area contributed by atoms with Crippen LogP contribution in [0, 0.1) is 5.41 Å². The van der Waals surface area contributed by atoms with Crippen LogP contribution < -0.4 is 14.8 Å². The number of carbonyl (C=O) groups is 3. The van der Waals surface area contributed by atoms with E-state index in [4.69, 9.17) is 14.2 Å². The third kappa shape index (κ3) is 4.23. The van der Waals surface area contributed by atoms with Crippen molar-refractivity contribution in [3.05, 3.63) is 35.0 Å². The van der Waals surface area contributed by atoms with Gasteiger partial charge >= 0.3 is 6.18 Å². The lowest BCUT2D eigenvalue weighted by Gasteiger charge is -2.35. The minimum absolute atomic E-state index is 0.00156. The molecule has 2 atom stereocenters. The molecule has 3 aliphatic rings. The molecule has 2 heterocycles. The van der Waals surface area contributed by atoms with Crippen molar-refractivity contribution in [2.24, 2.45) is 5.41 Å². The fraction of sp³-hybridized carbons (Fsp3) is 0.560. The largest absolute Gasteiger partial charge is 0.493 e. The Morgan fingerprint density at radius 1 is 1.17 bits per heavy atom. The topological polar surface area (TPSA) is 94.2 Å². The highest BCUT2D eigenvalue weighted by atomic mass is 19.4. The number of nitrogens with zero attached hydrogens (tertiary/aromatic N) is 1. The molecule has 11 heteroatoms. The van der Waals surface area contributed by atoms with Crippen molar-refractivity contribution < 1.29 is 41.8 Å². The van der Waals surface area contributed by atoms with Crippen LogP contribution in [0.2, 0.25) is 0 Å². The van der Waals surface area contributed by atoms with Gasteiger partial charge in [0.25, 0.3) is 11.8 Å². The zero-order valence-corrected chi connectivity index (χ0v) is 20.6. The monoisotopic (exact) mass is 510 g/mol. The van der Waals surface area contributed by atoms with E-state index in [1.807, 2.05) is 5.32 Å².